The monoisotopic (exact) mass is 345 g/mol. The van der Waals surface area contributed by atoms with Gasteiger partial charge in [0, 0.05) is 17.2 Å². The summed E-state index contributed by atoms with van der Waals surface area (Å²) in [5.41, 5.74) is 0.105. The normalized spacial score (nSPS) is 22.0. The number of fused-ring (bicyclic) bond motifs is 1. The van der Waals surface area contributed by atoms with Crippen molar-refractivity contribution in [1.29, 1.82) is 0 Å². The first kappa shape index (κ1) is 15.5. The minimum absolute atomic E-state index is 0.189. The van der Waals surface area contributed by atoms with E-state index in [1.807, 2.05) is 24.3 Å². The predicted octanol–water partition coefficient (Wildman–Crippen LogP) is 1.99. The summed E-state index contributed by atoms with van der Waals surface area (Å²) in [5.74, 6) is 0.367. The first-order chi connectivity index (χ1) is 11.6. The minimum Gasteiger partial charge on any atom is -0.323 e. The minimum atomic E-state index is -0.757. The number of benzene rings is 1. The Morgan fingerprint density at radius 3 is 2.75 bits per heavy atom. The van der Waals surface area contributed by atoms with Crippen molar-refractivity contribution in [3.05, 3.63) is 24.3 Å². The van der Waals surface area contributed by atoms with Gasteiger partial charge in [-0.05, 0) is 25.0 Å². The number of thioether (sulfide) groups is 1. The third-order valence-electron chi connectivity index (χ3n) is 5.03. The second kappa shape index (κ2) is 5.81. The van der Waals surface area contributed by atoms with Crippen molar-refractivity contribution in [2.45, 2.75) is 36.1 Å². The molecule has 0 radical (unpaired) electrons. The average Bonchev–Trinajstić information content (AvgIpc) is 3.15. The summed E-state index contributed by atoms with van der Waals surface area (Å²) < 4.78 is 0. The maximum absolute atomic E-state index is 12.8. The highest BCUT2D eigenvalue weighted by atomic mass is 32.2. The van der Waals surface area contributed by atoms with Gasteiger partial charge in [-0.25, -0.2) is 4.79 Å². The fourth-order valence-corrected chi connectivity index (χ4v) is 4.78. The van der Waals surface area contributed by atoms with E-state index in [0.29, 0.717) is 19.4 Å². The van der Waals surface area contributed by atoms with Crippen LogP contribution in [0.4, 0.5) is 10.5 Å². The number of amides is 4. The molecule has 2 aliphatic heterocycles. The van der Waals surface area contributed by atoms with E-state index in [-0.39, 0.29) is 18.4 Å². The fraction of sp³-hybridized carbons (Fsp3) is 0.471. The molecule has 3 aliphatic rings. The summed E-state index contributed by atoms with van der Waals surface area (Å²) in [7, 11) is 0. The summed E-state index contributed by atoms with van der Waals surface area (Å²) in [6.07, 6.45) is 3.21. The van der Waals surface area contributed by atoms with Gasteiger partial charge in [0.15, 0.2) is 0 Å². The molecule has 2 heterocycles. The lowest BCUT2D eigenvalue weighted by Gasteiger charge is -2.30. The number of urea groups is 1. The van der Waals surface area contributed by atoms with Crippen LogP contribution < -0.4 is 10.2 Å². The molecule has 1 saturated heterocycles. The number of para-hydroxylation sites is 1. The second-order valence-corrected chi connectivity index (χ2v) is 7.61. The third kappa shape index (κ3) is 2.38. The van der Waals surface area contributed by atoms with E-state index in [9.17, 15) is 14.4 Å². The largest absolute Gasteiger partial charge is 0.325 e. The van der Waals surface area contributed by atoms with Gasteiger partial charge in [0.1, 0.15) is 12.1 Å². The van der Waals surface area contributed by atoms with Crippen LogP contribution in [0.15, 0.2) is 29.2 Å². The van der Waals surface area contributed by atoms with E-state index in [2.05, 4.69) is 5.32 Å². The zero-order chi connectivity index (χ0) is 16.7. The van der Waals surface area contributed by atoms with Crippen LogP contribution in [-0.2, 0) is 9.59 Å². The molecule has 126 valence electrons. The summed E-state index contributed by atoms with van der Waals surface area (Å²) >= 11 is 1.72. The van der Waals surface area contributed by atoms with Crippen molar-refractivity contribution in [2.75, 3.05) is 23.7 Å². The molecule has 1 aromatic carbocycles. The van der Waals surface area contributed by atoms with Crippen LogP contribution in [-0.4, -0.2) is 47.1 Å². The number of carbonyl (C=O) groups is 3. The lowest BCUT2D eigenvalue weighted by Crippen LogP contribution is -2.47. The van der Waals surface area contributed by atoms with Crippen LogP contribution in [0, 0.1) is 0 Å². The third-order valence-corrected chi connectivity index (χ3v) is 6.07. The highest BCUT2D eigenvalue weighted by molar-refractivity contribution is 7.99. The highest BCUT2D eigenvalue weighted by Crippen LogP contribution is 2.36. The first-order valence-corrected chi connectivity index (χ1v) is 9.26. The van der Waals surface area contributed by atoms with E-state index < -0.39 is 11.6 Å². The molecule has 6 nitrogen and oxygen atoms in total. The van der Waals surface area contributed by atoms with E-state index in [4.69, 9.17) is 0 Å². The van der Waals surface area contributed by atoms with Gasteiger partial charge in [-0.3, -0.25) is 14.5 Å². The van der Waals surface area contributed by atoms with Gasteiger partial charge in [0.2, 0.25) is 5.91 Å². The Labute approximate surface area is 144 Å². The maximum Gasteiger partial charge on any atom is 0.325 e. The Balaban J connectivity index is 1.53. The van der Waals surface area contributed by atoms with Crippen molar-refractivity contribution >= 4 is 35.3 Å². The first-order valence-electron chi connectivity index (χ1n) is 8.27. The van der Waals surface area contributed by atoms with Crippen molar-refractivity contribution in [1.82, 2.24) is 10.2 Å². The predicted molar refractivity (Wildman–Crippen MR) is 91.0 cm³/mol. The van der Waals surface area contributed by atoms with Crippen molar-refractivity contribution < 1.29 is 14.4 Å². The number of hydrogen-bond donors (Lipinski definition) is 1. The number of anilines is 1. The summed E-state index contributed by atoms with van der Waals surface area (Å²) in [4.78, 5) is 41.5. The molecule has 7 heteroatoms. The van der Waals surface area contributed by atoms with Crippen LogP contribution in [0.3, 0.4) is 0 Å². The molecular formula is C17H19N3O3S. The van der Waals surface area contributed by atoms with Crippen LogP contribution in [0.2, 0.25) is 0 Å². The summed E-state index contributed by atoms with van der Waals surface area (Å²) in [6.45, 7) is 0.403. The Hall–Kier alpha value is -2.02. The maximum atomic E-state index is 12.8. The Morgan fingerprint density at radius 2 is 1.96 bits per heavy atom. The average molecular weight is 345 g/mol. The van der Waals surface area contributed by atoms with Gasteiger partial charge in [-0.2, -0.15) is 0 Å². The van der Waals surface area contributed by atoms with Gasteiger partial charge >= 0.3 is 6.03 Å². The van der Waals surface area contributed by atoms with Gasteiger partial charge in [0.25, 0.3) is 5.91 Å². The number of carbonyl (C=O) groups excluding carboxylic acids is 3. The molecule has 24 heavy (non-hydrogen) atoms. The number of imide groups is 1. The fourth-order valence-electron chi connectivity index (χ4n) is 3.79. The van der Waals surface area contributed by atoms with Crippen LogP contribution in [0.25, 0.3) is 0 Å². The second-order valence-electron chi connectivity index (χ2n) is 6.47. The van der Waals surface area contributed by atoms with E-state index in [1.54, 1.807) is 16.7 Å². The van der Waals surface area contributed by atoms with Gasteiger partial charge in [0.05, 0.1) is 5.69 Å². The molecule has 4 rings (SSSR count). The van der Waals surface area contributed by atoms with Crippen molar-refractivity contribution in [2.24, 2.45) is 0 Å². The molecule has 1 saturated carbocycles. The number of rotatable bonds is 2. The zero-order valence-electron chi connectivity index (χ0n) is 13.3. The van der Waals surface area contributed by atoms with E-state index in [1.165, 1.54) is 0 Å². The molecule has 1 aromatic rings. The Morgan fingerprint density at radius 1 is 1.21 bits per heavy atom. The Kier molecular flexibility index (Phi) is 3.75. The lowest BCUT2D eigenvalue weighted by molar-refractivity contribution is -0.134. The molecule has 1 N–H and O–H groups in total. The molecule has 2 fully saturated rings. The van der Waals surface area contributed by atoms with E-state index >= 15 is 0 Å². The standard InChI is InChI=1S/C17H19N3O3S/c21-14(19-9-10-24-13-6-2-1-5-12(13)19)11-20-15(22)17(18-16(20)23)7-3-4-8-17/h1-2,5-6H,3-4,7-11H2,(H,18,23). The number of hydrogen-bond acceptors (Lipinski definition) is 4. The van der Waals surface area contributed by atoms with Crippen molar-refractivity contribution in [3.63, 3.8) is 0 Å². The molecule has 0 unspecified atom stereocenters. The number of nitrogens with one attached hydrogen (secondary N) is 1. The zero-order valence-corrected chi connectivity index (χ0v) is 14.1. The molecule has 1 spiro atoms. The molecular weight excluding hydrogens is 326 g/mol. The SMILES string of the molecule is O=C1NC2(CCCC2)C(=O)N1CC(=O)N1CCSc2ccccc21. The molecule has 0 aromatic heterocycles. The van der Waals surface area contributed by atoms with Crippen LogP contribution in [0.5, 0.6) is 0 Å². The highest BCUT2D eigenvalue weighted by Gasteiger charge is 2.52. The van der Waals surface area contributed by atoms with Crippen molar-refractivity contribution in [3.8, 4) is 0 Å². The summed E-state index contributed by atoms with van der Waals surface area (Å²) in [5, 5.41) is 2.82. The quantitative estimate of drug-likeness (QED) is 0.832. The van der Waals surface area contributed by atoms with E-state index in [0.717, 1.165) is 34.1 Å². The molecule has 0 atom stereocenters. The Bertz CT molecular complexity index is 715. The number of nitrogens with zero attached hydrogens (tertiary/aromatic N) is 2. The topological polar surface area (TPSA) is 69.7 Å². The van der Waals surface area contributed by atoms with Gasteiger partial charge in [-0.1, -0.05) is 25.0 Å². The molecule has 1 aliphatic carbocycles. The molecule has 4 amide bonds. The molecule has 0 bridgehead atoms. The van der Waals surface area contributed by atoms with Gasteiger partial charge < -0.3 is 10.2 Å². The van der Waals surface area contributed by atoms with Gasteiger partial charge in [-0.15, -0.1) is 11.8 Å². The van der Waals surface area contributed by atoms with Crippen LogP contribution >= 0.6 is 11.8 Å². The summed E-state index contributed by atoms with van der Waals surface area (Å²) in [6, 6.07) is 7.30. The lowest BCUT2D eigenvalue weighted by atomic mass is 9.98. The van der Waals surface area contributed by atoms with Crippen LogP contribution in [0.1, 0.15) is 25.7 Å². The smallest absolute Gasteiger partial charge is 0.323 e.